The zero-order valence-electron chi connectivity index (χ0n) is 16.1. The highest BCUT2D eigenvalue weighted by Gasteiger charge is 2.42. The average Bonchev–Trinajstić information content (AvgIpc) is 3.13. The van der Waals surface area contributed by atoms with Gasteiger partial charge in [-0.25, -0.2) is 17.9 Å². The zero-order chi connectivity index (χ0) is 22.1. The Labute approximate surface area is 170 Å². The summed E-state index contributed by atoms with van der Waals surface area (Å²) in [4.78, 5) is 11.4. The molecule has 9 nitrogen and oxygen atoms in total. The Kier molecular flexibility index (Phi) is 6.04. The maximum absolute atomic E-state index is 13.1. The van der Waals surface area contributed by atoms with Crippen LogP contribution in [0.4, 0.5) is 13.2 Å². The molecule has 2 heterocycles. The first-order valence-electron chi connectivity index (χ1n) is 8.80. The zero-order valence-corrected chi connectivity index (χ0v) is 16.9. The van der Waals surface area contributed by atoms with Crippen LogP contribution in [0.15, 0.2) is 23.1 Å². The number of nitrogens with zero attached hydrogens (tertiary/aromatic N) is 3. The molecule has 0 fully saturated rings. The number of aromatic nitrogens is 3. The smallest absolute Gasteiger partial charge is 0.393 e. The molecule has 3 rings (SSSR count). The molecule has 0 bridgehead atoms. The van der Waals surface area contributed by atoms with Crippen molar-refractivity contribution in [2.45, 2.75) is 37.0 Å². The molecule has 0 unspecified atom stereocenters. The third-order valence-corrected chi connectivity index (χ3v) is 6.20. The third kappa shape index (κ3) is 4.41. The number of methoxy groups -OCH3 is 2. The number of hydrogen-bond donors (Lipinski definition) is 1. The van der Waals surface area contributed by atoms with Gasteiger partial charge in [0.25, 0.3) is 0 Å². The quantitative estimate of drug-likeness (QED) is 0.669. The molecule has 0 spiro atoms. The minimum Gasteiger partial charge on any atom is -0.495 e. The molecule has 0 aliphatic carbocycles. The van der Waals surface area contributed by atoms with Crippen LogP contribution in [0.5, 0.6) is 5.75 Å². The van der Waals surface area contributed by atoms with Crippen molar-refractivity contribution in [1.29, 1.82) is 0 Å². The lowest BCUT2D eigenvalue weighted by molar-refractivity contribution is -0.182. The van der Waals surface area contributed by atoms with Crippen molar-refractivity contribution >= 4 is 16.0 Å². The fraction of sp³-hybridized carbons (Fsp3) is 0.471. The molecule has 2 aromatic rings. The van der Waals surface area contributed by atoms with Gasteiger partial charge < -0.3 is 14.0 Å². The molecule has 164 valence electrons. The van der Waals surface area contributed by atoms with Crippen molar-refractivity contribution in [2.24, 2.45) is 5.92 Å². The predicted octanol–water partition coefficient (Wildman–Crippen LogP) is 1.68. The molecular weight excluding hydrogens is 429 g/mol. The molecule has 13 heteroatoms. The molecule has 30 heavy (non-hydrogen) atoms. The number of carbonyl (C=O) groups is 1. The summed E-state index contributed by atoms with van der Waals surface area (Å²) < 4.78 is 78.0. The van der Waals surface area contributed by atoms with Crippen LogP contribution in [0, 0.1) is 5.92 Å². The first kappa shape index (κ1) is 22.0. The largest absolute Gasteiger partial charge is 0.495 e. The van der Waals surface area contributed by atoms with Gasteiger partial charge in [0.15, 0.2) is 0 Å². The summed E-state index contributed by atoms with van der Waals surface area (Å²) in [5, 5.41) is 7.68. The molecule has 0 amide bonds. The van der Waals surface area contributed by atoms with Gasteiger partial charge in [-0.3, -0.25) is 0 Å². The lowest BCUT2D eigenvalue weighted by Crippen LogP contribution is -2.34. The van der Waals surface area contributed by atoms with E-state index in [1.54, 1.807) is 0 Å². The van der Waals surface area contributed by atoms with Gasteiger partial charge in [-0.2, -0.15) is 13.2 Å². The molecular formula is C17H19F3N4O5S. The van der Waals surface area contributed by atoms with Crippen molar-refractivity contribution in [2.75, 3.05) is 14.2 Å². The SMILES string of the molecule is COC(=O)c1ccc(OC)c(S(=O)(=O)NCc2nnc3n2C[C@H](C(F)(F)F)CC3)c1. The van der Waals surface area contributed by atoms with E-state index in [-0.39, 0.29) is 48.0 Å². The van der Waals surface area contributed by atoms with Gasteiger partial charge in [0.1, 0.15) is 22.3 Å². The van der Waals surface area contributed by atoms with Crippen molar-refractivity contribution in [3.8, 4) is 5.75 Å². The topological polar surface area (TPSA) is 112 Å². The van der Waals surface area contributed by atoms with Crippen LogP contribution in [0.1, 0.15) is 28.4 Å². The van der Waals surface area contributed by atoms with E-state index in [4.69, 9.17) is 4.74 Å². The standard InChI is InChI=1S/C17H19F3N4O5S/c1-28-12-5-3-10(16(25)29-2)7-13(12)30(26,27)21-8-15-23-22-14-6-4-11(9-24(14)15)17(18,19)20/h3,5,7,11,21H,4,6,8-9H2,1-2H3/t11-/m1/s1. The maximum atomic E-state index is 13.1. The normalized spacial score (nSPS) is 16.8. The van der Waals surface area contributed by atoms with Crippen molar-refractivity contribution in [3.05, 3.63) is 35.4 Å². The number of fused-ring (bicyclic) bond motifs is 1. The first-order chi connectivity index (χ1) is 14.1. The number of aryl methyl sites for hydroxylation is 1. The minimum atomic E-state index is -4.36. The fourth-order valence-electron chi connectivity index (χ4n) is 3.15. The number of benzene rings is 1. The number of carbonyl (C=O) groups excluding carboxylic acids is 1. The summed E-state index contributed by atoms with van der Waals surface area (Å²) in [7, 11) is -1.78. The predicted molar refractivity (Wildman–Crippen MR) is 96.2 cm³/mol. The van der Waals surface area contributed by atoms with Crippen LogP contribution in [0.25, 0.3) is 0 Å². The summed E-state index contributed by atoms with van der Waals surface area (Å²) in [6.07, 6.45) is -4.36. The van der Waals surface area contributed by atoms with Gasteiger partial charge in [-0.1, -0.05) is 0 Å². The Bertz CT molecular complexity index is 1050. The van der Waals surface area contributed by atoms with E-state index in [1.807, 2.05) is 0 Å². The summed E-state index contributed by atoms with van der Waals surface area (Å²) in [6.45, 7) is -0.754. The Hall–Kier alpha value is -2.67. The summed E-state index contributed by atoms with van der Waals surface area (Å²) in [6, 6.07) is 3.73. The Morgan fingerprint density at radius 2 is 2.03 bits per heavy atom. The molecule has 1 aliphatic heterocycles. The molecule has 1 aliphatic rings. The van der Waals surface area contributed by atoms with Crippen LogP contribution in [-0.4, -0.2) is 49.5 Å². The number of hydrogen-bond acceptors (Lipinski definition) is 7. The number of ether oxygens (including phenoxy) is 2. The van der Waals surface area contributed by atoms with Gasteiger partial charge in [0.05, 0.1) is 32.2 Å². The van der Waals surface area contributed by atoms with Crippen molar-refractivity contribution < 1.29 is 35.9 Å². The Morgan fingerprint density at radius 3 is 2.67 bits per heavy atom. The number of rotatable bonds is 6. The van der Waals surface area contributed by atoms with E-state index < -0.39 is 28.1 Å². The van der Waals surface area contributed by atoms with E-state index in [1.165, 1.54) is 23.8 Å². The number of alkyl halides is 3. The highest BCUT2D eigenvalue weighted by Crippen LogP contribution is 2.34. The Balaban J connectivity index is 1.84. The average molecular weight is 448 g/mol. The van der Waals surface area contributed by atoms with E-state index in [0.717, 1.165) is 13.2 Å². The second-order valence-corrected chi connectivity index (χ2v) is 8.34. The molecule has 1 aromatic carbocycles. The molecule has 0 saturated heterocycles. The first-order valence-corrected chi connectivity index (χ1v) is 10.3. The summed E-state index contributed by atoms with van der Waals surface area (Å²) in [5.74, 6) is -1.87. The highest BCUT2D eigenvalue weighted by atomic mass is 32.2. The monoisotopic (exact) mass is 448 g/mol. The molecule has 1 aromatic heterocycles. The number of nitrogens with one attached hydrogen (secondary N) is 1. The van der Waals surface area contributed by atoms with Gasteiger partial charge >= 0.3 is 12.1 Å². The van der Waals surface area contributed by atoms with E-state index >= 15 is 0 Å². The molecule has 1 N–H and O–H groups in total. The van der Waals surface area contributed by atoms with E-state index in [9.17, 15) is 26.4 Å². The molecule has 0 radical (unpaired) electrons. The van der Waals surface area contributed by atoms with Crippen LogP contribution in [0.2, 0.25) is 0 Å². The summed E-state index contributed by atoms with van der Waals surface area (Å²) in [5.41, 5.74) is -0.00782. The van der Waals surface area contributed by atoms with Crippen LogP contribution in [0.3, 0.4) is 0 Å². The van der Waals surface area contributed by atoms with Crippen LogP contribution < -0.4 is 9.46 Å². The summed E-state index contributed by atoms with van der Waals surface area (Å²) >= 11 is 0. The molecule has 1 atom stereocenters. The van der Waals surface area contributed by atoms with E-state index in [2.05, 4.69) is 19.7 Å². The van der Waals surface area contributed by atoms with Crippen molar-refractivity contribution in [1.82, 2.24) is 19.5 Å². The number of halogens is 3. The third-order valence-electron chi connectivity index (χ3n) is 4.78. The van der Waals surface area contributed by atoms with Gasteiger partial charge in [-0.15, -0.1) is 10.2 Å². The molecule has 0 saturated carbocycles. The maximum Gasteiger partial charge on any atom is 0.393 e. The van der Waals surface area contributed by atoms with E-state index in [0.29, 0.717) is 5.82 Å². The minimum absolute atomic E-state index is 0.00782. The number of esters is 1. The Morgan fingerprint density at radius 1 is 1.30 bits per heavy atom. The van der Waals surface area contributed by atoms with Gasteiger partial charge in [0.2, 0.25) is 10.0 Å². The van der Waals surface area contributed by atoms with Crippen LogP contribution >= 0.6 is 0 Å². The van der Waals surface area contributed by atoms with Crippen LogP contribution in [-0.2, 0) is 34.3 Å². The van der Waals surface area contributed by atoms with Gasteiger partial charge in [-0.05, 0) is 24.6 Å². The lowest BCUT2D eigenvalue weighted by atomic mass is 9.99. The second-order valence-electron chi connectivity index (χ2n) is 6.60. The highest BCUT2D eigenvalue weighted by molar-refractivity contribution is 7.89. The second kappa shape index (κ2) is 8.22. The lowest BCUT2D eigenvalue weighted by Gasteiger charge is -2.26. The number of sulfonamides is 1. The fourth-order valence-corrected chi connectivity index (χ4v) is 4.32. The van der Waals surface area contributed by atoms with Gasteiger partial charge in [0, 0.05) is 13.0 Å². The van der Waals surface area contributed by atoms with Crippen molar-refractivity contribution in [3.63, 3.8) is 0 Å².